The standard InChI is InChI=1S/C11H17N3/c1-3-11(9-4-5-9)14-10-6-12-8(2)13-7-10/h6-7,9,11,14H,3-5H2,1-2H3. The highest BCUT2D eigenvalue weighted by molar-refractivity contribution is 5.39. The Balaban J connectivity index is 1.98. The maximum absolute atomic E-state index is 4.17. The molecule has 0 saturated heterocycles. The third kappa shape index (κ3) is 2.22. The molecule has 14 heavy (non-hydrogen) atoms. The lowest BCUT2D eigenvalue weighted by Gasteiger charge is -2.16. The Bertz CT molecular complexity index is 290. The Hall–Kier alpha value is -1.12. The van der Waals surface area contributed by atoms with Gasteiger partial charge in [0.1, 0.15) is 5.82 Å². The van der Waals surface area contributed by atoms with Gasteiger partial charge in [-0.2, -0.15) is 0 Å². The highest BCUT2D eigenvalue weighted by Crippen LogP contribution is 2.35. The molecule has 0 amide bonds. The summed E-state index contributed by atoms with van der Waals surface area (Å²) in [6.07, 6.45) is 7.66. The van der Waals surface area contributed by atoms with Crippen LogP contribution in [0.2, 0.25) is 0 Å². The molecule has 3 nitrogen and oxygen atoms in total. The normalized spacial score (nSPS) is 17.9. The molecule has 1 unspecified atom stereocenters. The lowest BCUT2D eigenvalue weighted by atomic mass is 10.1. The van der Waals surface area contributed by atoms with Gasteiger partial charge >= 0.3 is 0 Å². The molecule has 3 heteroatoms. The van der Waals surface area contributed by atoms with Crippen LogP contribution in [-0.2, 0) is 0 Å². The summed E-state index contributed by atoms with van der Waals surface area (Å²) in [4.78, 5) is 8.35. The summed E-state index contributed by atoms with van der Waals surface area (Å²) in [7, 11) is 0. The van der Waals surface area contributed by atoms with Gasteiger partial charge in [-0.3, -0.25) is 0 Å². The van der Waals surface area contributed by atoms with Gasteiger partial charge in [0, 0.05) is 6.04 Å². The van der Waals surface area contributed by atoms with Crippen molar-refractivity contribution in [2.24, 2.45) is 5.92 Å². The molecule has 76 valence electrons. The van der Waals surface area contributed by atoms with Crippen LogP contribution in [0.25, 0.3) is 0 Å². The number of nitrogens with one attached hydrogen (secondary N) is 1. The maximum atomic E-state index is 4.17. The zero-order valence-corrected chi connectivity index (χ0v) is 8.83. The lowest BCUT2D eigenvalue weighted by molar-refractivity contribution is 0.616. The minimum Gasteiger partial charge on any atom is -0.380 e. The van der Waals surface area contributed by atoms with Crippen LogP contribution >= 0.6 is 0 Å². The van der Waals surface area contributed by atoms with E-state index in [9.17, 15) is 0 Å². The molecule has 1 aromatic heterocycles. The molecule has 0 aromatic carbocycles. The number of aromatic nitrogens is 2. The van der Waals surface area contributed by atoms with E-state index in [-0.39, 0.29) is 0 Å². The molecule has 1 N–H and O–H groups in total. The first-order valence-corrected chi connectivity index (χ1v) is 5.34. The maximum Gasteiger partial charge on any atom is 0.125 e. The third-order valence-electron chi connectivity index (χ3n) is 2.76. The molecule has 1 aliphatic carbocycles. The minimum atomic E-state index is 0.612. The number of hydrogen-bond acceptors (Lipinski definition) is 3. The van der Waals surface area contributed by atoms with E-state index in [1.807, 2.05) is 19.3 Å². The van der Waals surface area contributed by atoms with Crippen LogP contribution in [0.15, 0.2) is 12.4 Å². The van der Waals surface area contributed by atoms with Crippen molar-refractivity contribution in [2.75, 3.05) is 5.32 Å². The van der Waals surface area contributed by atoms with Gasteiger partial charge in [0.2, 0.25) is 0 Å². The van der Waals surface area contributed by atoms with Crippen molar-refractivity contribution < 1.29 is 0 Å². The van der Waals surface area contributed by atoms with E-state index in [2.05, 4.69) is 22.2 Å². The molecular formula is C11H17N3. The van der Waals surface area contributed by atoms with E-state index in [1.54, 1.807) is 0 Å². The number of hydrogen-bond donors (Lipinski definition) is 1. The van der Waals surface area contributed by atoms with E-state index in [4.69, 9.17) is 0 Å². The number of nitrogens with zero attached hydrogens (tertiary/aromatic N) is 2. The fourth-order valence-corrected chi connectivity index (χ4v) is 1.73. The molecule has 1 aromatic rings. The van der Waals surface area contributed by atoms with E-state index in [1.165, 1.54) is 19.3 Å². The third-order valence-corrected chi connectivity index (χ3v) is 2.76. The molecule has 1 atom stereocenters. The van der Waals surface area contributed by atoms with Crippen LogP contribution in [-0.4, -0.2) is 16.0 Å². The largest absolute Gasteiger partial charge is 0.380 e. The monoisotopic (exact) mass is 191 g/mol. The second kappa shape index (κ2) is 3.95. The predicted octanol–water partition coefficient (Wildman–Crippen LogP) is 2.39. The topological polar surface area (TPSA) is 37.8 Å². The smallest absolute Gasteiger partial charge is 0.125 e. The van der Waals surface area contributed by atoms with Gasteiger partial charge in [-0.1, -0.05) is 6.92 Å². The van der Waals surface area contributed by atoms with E-state index in [0.29, 0.717) is 6.04 Å². The molecule has 1 heterocycles. The zero-order chi connectivity index (χ0) is 9.97. The predicted molar refractivity (Wildman–Crippen MR) is 57.2 cm³/mol. The van der Waals surface area contributed by atoms with Crippen LogP contribution in [0.1, 0.15) is 32.0 Å². The summed E-state index contributed by atoms with van der Waals surface area (Å²) >= 11 is 0. The second-order valence-corrected chi connectivity index (χ2v) is 4.02. The quantitative estimate of drug-likeness (QED) is 0.794. The summed E-state index contributed by atoms with van der Waals surface area (Å²) < 4.78 is 0. The first-order valence-electron chi connectivity index (χ1n) is 5.34. The summed E-state index contributed by atoms with van der Waals surface area (Å²) in [6.45, 7) is 4.13. The van der Waals surface area contributed by atoms with Gasteiger partial charge in [0.25, 0.3) is 0 Å². The van der Waals surface area contributed by atoms with Crippen molar-refractivity contribution in [1.29, 1.82) is 0 Å². The number of anilines is 1. The first-order chi connectivity index (χ1) is 6.79. The fraction of sp³-hybridized carbons (Fsp3) is 0.636. The highest BCUT2D eigenvalue weighted by Gasteiger charge is 2.29. The molecule has 1 fully saturated rings. The molecule has 2 rings (SSSR count). The van der Waals surface area contributed by atoms with Gasteiger partial charge in [0.05, 0.1) is 18.1 Å². The molecule has 1 saturated carbocycles. The van der Waals surface area contributed by atoms with Crippen molar-refractivity contribution in [2.45, 2.75) is 39.2 Å². The molecular weight excluding hydrogens is 174 g/mol. The average molecular weight is 191 g/mol. The van der Waals surface area contributed by atoms with E-state index < -0.39 is 0 Å². The van der Waals surface area contributed by atoms with Crippen LogP contribution < -0.4 is 5.32 Å². The van der Waals surface area contributed by atoms with E-state index in [0.717, 1.165) is 17.4 Å². The Labute approximate surface area is 85.0 Å². The molecule has 0 aliphatic heterocycles. The van der Waals surface area contributed by atoms with Gasteiger partial charge in [-0.25, -0.2) is 9.97 Å². The summed E-state index contributed by atoms with van der Waals surface area (Å²) in [6, 6.07) is 0.612. The number of rotatable bonds is 4. The Morgan fingerprint density at radius 2 is 2.07 bits per heavy atom. The average Bonchev–Trinajstić information content (AvgIpc) is 3.01. The molecule has 0 bridgehead atoms. The molecule has 0 radical (unpaired) electrons. The van der Waals surface area contributed by atoms with Gasteiger partial charge in [-0.05, 0) is 32.1 Å². The zero-order valence-electron chi connectivity index (χ0n) is 8.83. The van der Waals surface area contributed by atoms with Gasteiger partial charge in [-0.15, -0.1) is 0 Å². The molecule has 1 aliphatic rings. The van der Waals surface area contributed by atoms with Crippen molar-refractivity contribution in [3.63, 3.8) is 0 Å². The van der Waals surface area contributed by atoms with Crippen LogP contribution in [0.5, 0.6) is 0 Å². The van der Waals surface area contributed by atoms with Crippen LogP contribution in [0.4, 0.5) is 5.69 Å². The van der Waals surface area contributed by atoms with Crippen molar-refractivity contribution in [3.8, 4) is 0 Å². The van der Waals surface area contributed by atoms with Crippen LogP contribution in [0.3, 0.4) is 0 Å². The first kappa shape index (κ1) is 9.44. The summed E-state index contributed by atoms with van der Waals surface area (Å²) in [5.41, 5.74) is 1.05. The Morgan fingerprint density at radius 3 is 2.57 bits per heavy atom. The highest BCUT2D eigenvalue weighted by atomic mass is 15.0. The van der Waals surface area contributed by atoms with Crippen molar-refractivity contribution in [3.05, 3.63) is 18.2 Å². The van der Waals surface area contributed by atoms with Gasteiger partial charge in [0.15, 0.2) is 0 Å². The fourth-order valence-electron chi connectivity index (χ4n) is 1.73. The summed E-state index contributed by atoms with van der Waals surface area (Å²) in [5.74, 6) is 1.70. The van der Waals surface area contributed by atoms with Crippen LogP contribution in [0, 0.1) is 12.8 Å². The number of aryl methyl sites for hydroxylation is 1. The Morgan fingerprint density at radius 1 is 1.43 bits per heavy atom. The van der Waals surface area contributed by atoms with Crippen molar-refractivity contribution in [1.82, 2.24) is 9.97 Å². The molecule has 0 spiro atoms. The summed E-state index contributed by atoms with van der Waals surface area (Å²) in [5, 5.41) is 3.49. The van der Waals surface area contributed by atoms with Gasteiger partial charge < -0.3 is 5.32 Å². The SMILES string of the molecule is CCC(Nc1cnc(C)nc1)C1CC1. The Kier molecular flexibility index (Phi) is 2.66. The van der Waals surface area contributed by atoms with Crippen molar-refractivity contribution >= 4 is 5.69 Å². The second-order valence-electron chi connectivity index (χ2n) is 4.02. The van der Waals surface area contributed by atoms with E-state index >= 15 is 0 Å². The minimum absolute atomic E-state index is 0.612. The lowest BCUT2D eigenvalue weighted by Crippen LogP contribution is -2.20.